The average Bonchev–Trinajstić information content (AvgIpc) is 2.41. The third kappa shape index (κ3) is 3.19. The molecule has 6 heteroatoms. The zero-order chi connectivity index (χ0) is 14.7. The van der Waals surface area contributed by atoms with Crippen molar-refractivity contribution in [1.29, 1.82) is 0 Å². The molecule has 0 aliphatic rings. The lowest BCUT2D eigenvalue weighted by molar-refractivity contribution is 0.1000. The van der Waals surface area contributed by atoms with Gasteiger partial charge in [-0.1, -0.05) is 11.6 Å². The number of benzene rings is 2. The number of halogens is 2. The molecule has 0 bridgehead atoms. The Bertz CT molecular complexity index is 662. The normalized spacial score (nSPS) is 10.3. The van der Waals surface area contributed by atoms with Crippen LogP contribution >= 0.6 is 11.6 Å². The molecule has 2 aromatic rings. The average molecular weight is 295 g/mol. The second kappa shape index (κ2) is 5.79. The number of primary amides is 1. The molecule has 2 rings (SSSR count). The highest BCUT2D eigenvalue weighted by Gasteiger charge is 2.09. The smallest absolute Gasteiger partial charge is 0.248 e. The van der Waals surface area contributed by atoms with Crippen molar-refractivity contribution in [3.8, 4) is 5.75 Å². The minimum absolute atomic E-state index is 0.0872. The molecule has 0 fully saturated rings. The van der Waals surface area contributed by atoms with Crippen LogP contribution < -0.4 is 16.2 Å². The van der Waals surface area contributed by atoms with Crippen molar-refractivity contribution in [3.05, 3.63) is 58.4 Å². The molecule has 0 aromatic heterocycles. The number of ether oxygens (including phenoxy) is 1. The molecule has 0 saturated heterocycles. The van der Waals surface area contributed by atoms with Crippen molar-refractivity contribution in [1.82, 2.24) is 0 Å². The Morgan fingerprint density at radius 1 is 1.25 bits per heavy atom. The molecule has 0 saturated carbocycles. The quantitative estimate of drug-likeness (QED) is 0.851. The van der Waals surface area contributed by atoms with Crippen LogP contribution in [0.4, 0.5) is 10.1 Å². The van der Waals surface area contributed by atoms with E-state index < -0.39 is 11.7 Å². The Morgan fingerprint density at radius 3 is 2.70 bits per heavy atom. The highest BCUT2D eigenvalue weighted by molar-refractivity contribution is 6.32. The molecule has 4 N–H and O–H groups in total. The Balaban J connectivity index is 2.20. The first kappa shape index (κ1) is 14.1. The van der Waals surface area contributed by atoms with Gasteiger partial charge in [-0.05, 0) is 30.3 Å². The molecular formula is C14H12ClFN2O2. The molecule has 104 valence electrons. The summed E-state index contributed by atoms with van der Waals surface area (Å²) in [6, 6.07) is 8.58. The summed E-state index contributed by atoms with van der Waals surface area (Å²) < 4.78 is 19.0. The molecule has 2 aromatic carbocycles. The number of nitrogen functional groups attached to an aromatic ring is 1. The number of hydrogen-bond donors (Lipinski definition) is 2. The summed E-state index contributed by atoms with van der Waals surface area (Å²) in [5.74, 6) is -0.779. The summed E-state index contributed by atoms with van der Waals surface area (Å²) >= 11 is 5.94. The molecule has 0 radical (unpaired) electrons. The zero-order valence-electron chi connectivity index (χ0n) is 10.4. The lowest BCUT2D eigenvalue weighted by Crippen LogP contribution is -2.12. The van der Waals surface area contributed by atoms with Gasteiger partial charge in [0.2, 0.25) is 5.91 Å². The van der Waals surface area contributed by atoms with E-state index in [1.165, 1.54) is 24.3 Å². The van der Waals surface area contributed by atoms with E-state index in [4.69, 9.17) is 27.8 Å². The van der Waals surface area contributed by atoms with Gasteiger partial charge < -0.3 is 16.2 Å². The van der Waals surface area contributed by atoms with E-state index in [9.17, 15) is 9.18 Å². The third-order valence-corrected chi connectivity index (χ3v) is 2.98. The van der Waals surface area contributed by atoms with Gasteiger partial charge in [0.05, 0.1) is 5.02 Å². The number of amides is 1. The lowest BCUT2D eigenvalue weighted by atomic mass is 10.1. The van der Waals surface area contributed by atoms with Gasteiger partial charge in [0.1, 0.15) is 18.2 Å². The summed E-state index contributed by atoms with van der Waals surface area (Å²) in [4.78, 5) is 11.1. The Labute approximate surface area is 120 Å². The molecule has 20 heavy (non-hydrogen) atoms. The topological polar surface area (TPSA) is 78.3 Å². The number of rotatable bonds is 4. The molecule has 4 nitrogen and oxygen atoms in total. The van der Waals surface area contributed by atoms with E-state index in [0.717, 1.165) is 0 Å². The van der Waals surface area contributed by atoms with Crippen LogP contribution in [-0.2, 0) is 6.61 Å². The van der Waals surface area contributed by atoms with Gasteiger partial charge in [0, 0.05) is 22.9 Å². The van der Waals surface area contributed by atoms with Crippen LogP contribution in [0, 0.1) is 5.82 Å². The third-order valence-electron chi connectivity index (χ3n) is 2.67. The standard InChI is InChI=1S/C14H12ClFN2O2/c15-11-3-2-10(17)6-13(11)20-7-9-5-8(14(18)19)1-4-12(9)16/h1-6H,7,17H2,(H2,18,19). The van der Waals surface area contributed by atoms with Gasteiger partial charge in [0.15, 0.2) is 0 Å². The van der Waals surface area contributed by atoms with E-state index in [-0.39, 0.29) is 17.7 Å². The van der Waals surface area contributed by atoms with Crippen molar-refractivity contribution in [2.45, 2.75) is 6.61 Å². The number of anilines is 1. The van der Waals surface area contributed by atoms with Gasteiger partial charge in [-0.25, -0.2) is 4.39 Å². The molecule has 1 amide bonds. The minimum atomic E-state index is -0.631. The molecule has 0 spiro atoms. The summed E-state index contributed by atoms with van der Waals surface area (Å²) in [5.41, 5.74) is 11.7. The van der Waals surface area contributed by atoms with Gasteiger partial charge in [0.25, 0.3) is 0 Å². The largest absolute Gasteiger partial charge is 0.487 e. The molecular weight excluding hydrogens is 283 g/mol. The van der Waals surface area contributed by atoms with Crippen molar-refractivity contribution >= 4 is 23.2 Å². The van der Waals surface area contributed by atoms with Crippen molar-refractivity contribution in [2.24, 2.45) is 5.73 Å². The van der Waals surface area contributed by atoms with E-state index in [1.54, 1.807) is 12.1 Å². The van der Waals surface area contributed by atoms with Crippen LogP contribution in [0.1, 0.15) is 15.9 Å². The molecule has 0 heterocycles. The number of carbonyl (C=O) groups excluding carboxylic acids is 1. The first-order valence-corrected chi connectivity index (χ1v) is 6.11. The maximum absolute atomic E-state index is 13.6. The van der Waals surface area contributed by atoms with Crippen molar-refractivity contribution < 1.29 is 13.9 Å². The highest BCUT2D eigenvalue weighted by atomic mass is 35.5. The zero-order valence-corrected chi connectivity index (χ0v) is 11.2. The predicted octanol–water partition coefficient (Wildman–Crippen LogP) is 2.74. The van der Waals surface area contributed by atoms with E-state index in [2.05, 4.69) is 0 Å². The van der Waals surface area contributed by atoms with E-state index in [1.807, 2.05) is 0 Å². The Kier molecular flexibility index (Phi) is 4.10. The summed E-state index contributed by atoms with van der Waals surface area (Å²) in [6.45, 7) is -0.0872. The van der Waals surface area contributed by atoms with Gasteiger partial charge in [-0.2, -0.15) is 0 Å². The fraction of sp³-hybridized carbons (Fsp3) is 0.0714. The van der Waals surface area contributed by atoms with Crippen molar-refractivity contribution in [3.63, 3.8) is 0 Å². The van der Waals surface area contributed by atoms with Crippen LogP contribution in [0.2, 0.25) is 5.02 Å². The molecule has 0 aliphatic heterocycles. The first-order chi connectivity index (χ1) is 9.47. The second-order valence-electron chi connectivity index (χ2n) is 4.15. The number of carbonyl (C=O) groups is 1. The number of hydrogen-bond acceptors (Lipinski definition) is 3. The maximum atomic E-state index is 13.6. The SMILES string of the molecule is NC(=O)c1ccc(F)c(COc2cc(N)ccc2Cl)c1. The highest BCUT2D eigenvalue weighted by Crippen LogP contribution is 2.27. The summed E-state index contributed by atoms with van der Waals surface area (Å²) in [6.07, 6.45) is 0. The fourth-order valence-electron chi connectivity index (χ4n) is 1.62. The van der Waals surface area contributed by atoms with E-state index >= 15 is 0 Å². The molecule has 0 aliphatic carbocycles. The fourth-order valence-corrected chi connectivity index (χ4v) is 1.80. The van der Waals surface area contributed by atoms with E-state index in [0.29, 0.717) is 16.5 Å². The Hall–Kier alpha value is -2.27. The van der Waals surface area contributed by atoms with Crippen LogP contribution in [0.5, 0.6) is 5.75 Å². The Morgan fingerprint density at radius 2 is 2.00 bits per heavy atom. The lowest BCUT2D eigenvalue weighted by Gasteiger charge is -2.10. The van der Waals surface area contributed by atoms with Gasteiger partial charge in [-0.3, -0.25) is 4.79 Å². The summed E-state index contributed by atoms with van der Waals surface area (Å²) in [7, 11) is 0. The van der Waals surface area contributed by atoms with Crippen LogP contribution in [0.15, 0.2) is 36.4 Å². The monoisotopic (exact) mass is 294 g/mol. The van der Waals surface area contributed by atoms with Gasteiger partial charge in [-0.15, -0.1) is 0 Å². The summed E-state index contributed by atoms with van der Waals surface area (Å²) in [5, 5.41) is 0.366. The van der Waals surface area contributed by atoms with Crippen LogP contribution in [0.25, 0.3) is 0 Å². The number of nitrogens with two attached hydrogens (primary N) is 2. The molecule has 0 unspecified atom stereocenters. The minimum Gasteiger partial charge on any atom is -0.487 e. The predicted molar refractivity (Wildman–Crippen MR) is 75.1 cm³/mol. The van der Waals surface area contributed by atoms with Crippen LogP contribution in [0.3, 0.4) is 0 Å². The molecule has 0 atom stereocenters. The second-order valence-corrected chi connectivity index (χ2v) is 4.56. The maximum Gasteiger partial charge on any atom is 0.248 e. The van der Waals surface area contributed by atoms with Gasteiger partial charge >= 0.3 is 0 Å². The first-order valence-electron chi connectivity index (χ1n) is 5.73. The van der Waals surface area contributed by atoms with Crippen molar-refractivity contribution in [2.75, 3.05) is 5.73 Å². The van der Waals surface area contributed by atoms with Crippen LogP contribution in [-0.4, -0.2) is 5.91 Å².